The van der Waals surface area contributed by atoms with Gasteiger partial charge in [-0.1, -0.05) is 164 Å². The van der Waals surface area contributed by atoms with Crippen LogP contribution in [0.25, 0.3) is 0 Å². The zero-order valence-corrected chi connectivity index (χ0v) is 30.0. The van der Waals surface area contributed by atoms with Gasteiger partial charge >= 0.3 is 0 Å². The monoisotopic (exact) mass is 572 g/mol. The predicted octanol–water partition coefficient (Wildman–Crippen LogP) is 12.8. The number of aryl methyl sites for hydroxylation is 1. The van der Waals surface area contributed by atoms with Crippen molar-refractivity contribution in [2.75, 3.05) is 13.2 Å². The molecule has 0 radical (unpaired) electrons. The lowest BCUT2D eigenvalue weighted by molar-refractivity contribution is 0.131. The summed E-state index contributed by atoms with van der Waals surface area (Å²) < 4.78 is 5.28. The second-order valence-corrected chi connectivity index (χ2v) is 12.4. The fourth-order valence-electron chi connectivity index (χ4n) is 4.41. The third kappa shape index (κ3) is 22.8. The zero-order valence-electron chi connectivity index (χ0n) is 30.0. The lowest BCUT2D eigenvalue weighted by Crippen LogP contribution is -2.08. The number of aliphatic imine (C=N–C) groups is 1. The molecule has 0 bridgehead atoms. The fraction of sp³-hybridized carbons (Fsp3) is 0.769. The summed E-state index contributed by atoms with van der Waals surface area (Å²) in [7, 11) is 0. The Labute approximate surface area is 259 Å². The van der Waals surface area contributed by atoms with Gasteiger partial charge in [-0.05, 0) is 61.2 Å². The standard InChI is InChI=1S/C16H21N.C11H24.C8H18O.C4H10/c1-5-15-14(11(2)3)10-16(17-15)13-8-6-12(4)7-9-13;1-5-7-11(4)9-8-10(3)6-2;1-3-5-6-8-9-7-4-2;1-3-4-2/h6-11,15H,5H2,1-4H3;10-11H,5-9H2,1-4H3;3-8H2,1-2H3;3-4H2,1-2H3. The van der Waals surface area contributed by atoms with E-state index in [0.29, 0.717) is 12.0 Å². The molecule has 0 saturated carbocycles. The van der Waals surface area contributed by atoms with Gasteiger partial charge in [-0.3, -0.25) is 4.99 Å². The lowest BCUT2D eigenvalue weighted by Gasteiger charge is -2.13. The van der Waals surface area contributed by atoms with E-state index in [2.05, 4.69) is 113 Å². The Morgan fingerprint density at radius 3 is 1.73 bits per heavy atom. The highest BCUT2D eigenvalue weighted by atomic mass is 16.5. The highest BCUT2D eigenvalue weighted by Gasteiger charge is 2.21. The third-order valence-corrected chi connectivity index (χ3v) is 7.76. The van der Waals surface area contributed by atoms with Crippen molar-refractivity contribution in [1.82, 2.24) is 0 Å². The van der Waals surface area contributed by atoms with Crippen LogP contribution in [0.5, 0.6) is 0 Å². The molecule has 0 amide bonds. The highest BCUT2D eigenvalue weighted by Crippen LogP contribution is 2.27. The second-order valence-electron chi connectivity index (χ2n) is 12.4. The van der Waals surface area contributed by atoms with Crippen molar-refractivity contribution in [3.8, 4) is 0 Å². The van der Waals surface area contributed by atoms with Gasteiger partial charge in [0.25, 0.3) is 0 Å². The Morgan fingerprint density at radius 1 is 0.683 bits per heavy atom. The predicted molar refractivity (Wildman–Crippen MR) is 189 cm³/mol. The minimum Gasteiger partial charge on any atom is -0.381 e. The second kappa shape index (κ2) is 28.7. The molecule has 2 nitrogen and oxygen atoms in total. The number of allylic oxidation sites excluding steroid dienone is 1. The first-order chi connectivity index (χ1) is 19.6. The van der Waals surface area contributed by atoms with Gasteiger partial charge in [-0.15, -0.1) is 0 Å². The SMILES string of the molecule is CCC1N=C(c2ccc(C)cc2)C=C1C(C)C.CCCC.CCCC(C)CCC(C)CC.CCCCCOCCC. The summed E-state index contributed by atoms with van der Waals surface area (Å²) >= 11 is 0. The molecule has 240 valence electrons. The summed E-state index contributed by atoms with van der Waals surface area (Å²) in [6, 6.07) is 9.03. The van der Waals surface area contributed by atoms with Crippen LogP contribution in [-0.2, 0) is 4.74 Å². The Hall–Kier alpha value is -1.41. The summed E-state index contributed by atoms with van der Waals surface area (Å²) in [4.78, 5) is 4.83. The van der Waals surface area contributed by atoms with E-state index in [9.17, 15) is 0 Å². The van der Waals surface area contributed by atoms with Crippen molar-refractivity contribution in [3.05, 3.63) is 47.0 Å². The van der Waals surface area contributed by atoms with Gasteiger partial charge in [0.05, 0.1) is 11.8 Å². The molecule has 0 aliphatic carbocycles. The highest BCUT2D eigenvalue weighted by molar-refractivity contribution is 6.10. The molecular weight excluding hydrogens is 498 g/mol. The van der Waals surface area contributed by atoms with Crippen LogP contribution in [0, 0.1) is 24.7 Å². The number of unbranched alkanes of at least 4 members (excludes halogenated alkanes) is 3. The molecule has 0 aromatic heterocycles. The average Bonchev–Trinajstić information content (AvgIpc) is 3.42. The molecule has 1 aliphatic rings. The van der Waals surface area contributed by atoms with E-state index in [1.165, 1.54) is 80.9 Å². The molecule has 0 saturated heterocycles. The Morgan fingerprint density at radius 2 is 1.29 bits per heavy atom. The topological polar surface area (TPSA) is 21.6 Å². The third-order valence-electron chi connectivity index (χ3n) is 7.76. The molecule has 0 spiro atoms. The van der Waals surface area contributed by atoms with Crippen molar-refractivity contribution in [2.45, 2.75) is 166 Å². The Kier molecular flexibility index (Phi) is 29.2. The van der Waals surface area contributed by atoms with Gasteiger partial charge in [0.15, 0.2) is 0 Å². The largest absolute Gasteiger partial charge is 0.381 e. The van der Waals surface area contributed by atoms with Crippen LogP contribution in [0.1, 0.15) is 164 Å². The van der Waals surface area contributed by atoms with Gasteiger partial charge in [0.1, 0.15) is 0 Å². The maximum Gasteiger partial charge on any atom is 0.0720 e. The van der Waals surface area contributed by atoms with Crippen LogP contribution >= 0.6 is 0 Å². The fourth-order valence-corrected chi connectivity index (χ4v) is 4.41. The number of benzene rings is 1. The van der Waals surface area contributed by atoms with Crippen LogP contribution < -0.4 is 0 Å². The molecule has 0 N–H and O–H groups in total. The van der Waals surface area contributed by atoms with Crippen molar-refractivity contribution in [1.29, 1.82) is 0 Å². The summed E-state index contributed by atoms with van der Waals surface area (Å²) in [5.74, 6) is 2.48. The molecule has 41 heavy (non-hydrogen) atoms. The van der Waals surface area contributed by atoms with Crippen molar-refractivity contribution in [2.24, 2.45) is 22.7 Å². The average molecular weight is 572 g/mol. The van der Waals surface area contributed by atoms with Gasteiger partial charge in [-0.25, -0.2) is 0 Å². The maximum atomic E-state index is 5.28. The first-order valence-corrected chi connectivity index (χ1v) is 17.6. The first-order valence-electron chi connectivity index (χ1n) is 17.6. The van der Waals surface area contributed by atoms with Crippen LogP contribution in [0.3, 0.4) is 0 Å². The van der Waals surface area contributed by atoms with E-state index >= 15 is 0 Å². The Bertz CT molecular complexity index is 737. The van der Waals surface area contributed by atoms with E-state index < -0.39 is 0 Å². The number of ether oxygens (including phenoxy) is 1. The van der Waals surface area contributed by atoms with E-state index in [1.54, 1.807) is 0 Å². The number of hydrogen-bond acceptors (Lipinski definition) is 2. The molecule has 0 fully saturated rings. The minimum absolute atomic E-state index is 0.395. The van der Waals surface area contributed by atoms with Crippen molar-refractivity contribution in [3.63, 3.8) is 0 Å². The summed E-state index contributed by atoms with van der Waals surface area (Å²) in [6.45, 7) is 28.7. The first kappa shape index (κ1) is 41.7. The number of rotatable bonds is 16. The van der Waals surface area contributed by atoms with Gasteiger partial charge in [0, 0.05) is 13.2 Å². The quantitative estimate of drug-likeness (QED) is 0.181. The molecule has 3 atom stereocenters. The summed E-state index contributed by atoms with van der Waals surface area (Å²) in [6.07, 6.45) is 18.0. The van der Waals surface area contributed by atoms with Gasteiger partial charge in [0.2, 0.25) is 0 Å². The maximum absolute atomic E-state index is 5.28. The van der Waals surface area contributed by atoms with Crippen molar-refractivity contribution >= 4 is 5.71 Å². The smallest absolute Gasteiger partial charge is 0.0720 e. The van der Waals surface area contributed by atoms with Crippen LogP contribution in [0.4, 0.5) is 0 Å². The molecule has 1 aromatic rings. The van der Waals surface area contributed by atoms with Crippen LogP contribution in [0.15, 0.2) is 40.9 Å². The molecule has 1 aromatic carbocycles. The summed E-state index contributed by atoms with van der Waals surface area (Å²) in [5.41, 5.74) is 5.17. The minimum atomic E-state index is 0.395. The lowest BCUT2D eigenvalue weighted by atomic mass is 9.94. The van der Waals surface area contributed by atoms with Crippen LogP contribution in [-0.4, -0.2) is 25.0 Å². The number of hydrogen-bond donors (Lipinski definition) is 0. The molecule has 2 rings (SSSR count). The molecular formula is C39H73NO. The molecule has 1 aliphatic heterocycles. The Balaban J connectivity index is 0. The van der Waals surface area contributed by atoms with E-state index in [1.807, 2.05) is 0 Å². The normalized spacial score (nSPS) is 15.4. The van der Waals surface area contributed by atoms with E-state index in [4.69, 9.17) is 9.73 Å². The van der Waals surface area contributed by atoms with E-state index in [0.717, 1.165) is 43.6 Å². The van der Waals surface area contributed by atoms with Crippen LogP contribution in [0.2, 0.25) is 0 Å². The van der Waals surface area contributed by atoms with Gasteiger partial charge in [-0.2, -0.15) is 0 Å². The molecule has 1 heterocycles. The number of nitrogens with zero attached hydrogens (tertiary/aromatic N) is 1. The zero-order chi connectivity index (χ0) is 31.5. The molecule has 2 heteroatoms. The van der Waals surface area contributed by atoms with E-state index in [-0.39, 0.29) is 0 Å². The van der Waals surface area contributed by atoms with Crippen molar-refractivity contribution < 1.29 is 4.74 Å². The van der Waals surface area contributed by atoms with Gasteiger partial charge < -0.3 is 4.74 Å². The summed E-state index contributed by atoms with van der Waals surface area (Å²) in [5, 5.41) is 0. The molecule has 3 unspecified atom stereocenters.